The average molecular weight is 934 g/mol. The number of benzene rings is 3. The quantitative estimate of drug-likeness (QED) is 0.0986. The number of fused-ring (bicyclic) bond motifs is 1. The van der Waals surface area contributed by atoms with Crippen LogP contribution in [0.4, 0.5) is 0 Å². The molecule has 364 valence electrons. The second-order valence-electron chi connectivity index (χ2n) is 22.9. The van der Waals surface area contributed by atoms with E-state index < -0.39 is 95.9 Å². The van der Waals surface area contributed by atoms with Gasteiger partial charge in [0.1, 0.15) is 18.5 Å². The molecular formula is C53H76NO11P. The molecule has 5 rings (SSSR count). The number of hydrogen-bond donors (Lipinski definition) is 1. The summed E-state index contributed by atoms with van der Waals surface area (Å²) in [7, 11) is -4.13. The first-order valence-electron chi connectivity index (χ1n) is 23.5. The van der Waals surface area contributed by atoms with E-state index in [1.165, 1.54) is 0 Å². The maximum absolute atomic E-state index is 16.8. The highest BCUT2D eigenvalue weighted by Gasteiger charge is 2.56. The van der Waals surface area contributed by atoms with Gasteiger partial charge in [0.05, 0.1) is 27.8 Å². The maximum Gasteiger partial charge on any atom is 0.311 e. The monoisotopic (exact) mass is 934 g/mol. The molecule has 3 aromatic carbocycles. The van der Waals surface area contributed by atoms with E-state index in [1.54, 1.807) is 95.2 Å². The molecule has 66 heavy (non-hydrogen) atoms. The minimum Gasteiger partial charge on any atom is -0.462 e. The molecule has 1 heterocycles. The molecule has 2 fully saturated rings. The van der Waals surface area contributed by atoms with Crippen LogP contribution in [0.2, 0.25) is 0 Å². The predicted molar refractivity (Wildman–Crippen MR) is 257 cm³/mol. The van der Waals surface area contributed by atoms with Crippen LogP contribution < -0.4 is 10.6 Å². The number of hydrogen-bond acceptors (Lipinski definition) is 12. The van der Waals surface area contributed by atoms with Gasteiger partial charge in [-0.15, -0.1) is 0 Å². The molecule has 0 unspecified atom stereocenters. The van der Waals surface area contributed by atoms with Crippen LogP contribution in [0.15, 0.2) is 72.8 Å². The number of rotatable bonds is 13. The lowest BCUT2D eigenvalue weighted by Gasteiger charge is -2.48. The van der Waals surface area contributed by atoms with Gasteiger partial charge in [-0.3, -0.25) is 29.1 Å². The molecule has 1 saturated heterocycles. The molecule has 1 aliphatic carbocycles. The molecule has 0 bridgehead atoms. The molecule has 0 amide bonds. The van der Waals surface area contributed by atoms with E-state index in [2.05, 4.69) is 26.1 Å². The molecule has 0 radical (unpaired) electrons. The molecule has 1 aliphatic heterocycles. The lowest BCUT2D eigenvalue weighted by molar-refractivity contribution is -0.265. The van der Waals surface area contributed by atoms with Gasteiger partial charge in [0.25, 0.3) is 7.37 Å². The van der Waals surface area contributed by atoms with Crippen LogP contribution >= 0.6 is 7.37 Å². The van der Waals surface area contributed by atoms with Gasteiger partial charge >= 0.3 is 23.9 Å². The van der Waals surface area contributed by atoms with Crippen molar-refractivity contribution in [3.63, 3.8) is 0 Å². The highest BCUT2D eigenvalue weighted by Crippen LogP contribution is 2.61. The van der Waals surface area contributed by atoms with Crippen molar-refractivity contribution in [1.29, 1.82) is 0 Å². The Morgan fingerprint density at radius 3 is 1.73 bits per heavy atom. The molecule has 2 aliphatic rings. The van der Waals surface area contributed by atoms with E-state index in [0.29, 0.717) is 23.2 Å². The van der Waals surface area contributed by atoms with Crippen molar-refractivity contribution < 1.29 is 52.0 Å². The Morgan fingerprint density at radius 2 is 1.18 bits per heavy atom. The zero-order valence-corrected chi connectivity index (χ0v) is 42.9. The van der Waals surface area contributed by atoms with Crippen molar-refractivity contribution in [2.45, 2.75) is 166 Å². The summed E-state index contributed by atoms with van der Waals surface area (Å²) < 4.78 is 55.9. The highest BCUT2D eigenvalue weighted by atomic mass is 31.2. The van der Waals surface area contributed by atoms with Gasteiger partial charge in [-0.25, -0.2) is 0 Å². The van der Waals surface area contributed by atoms with E-state index >= 15 is 4.57 Å². The summed E-state index contributed by atoms with van der Waals surface area (Å²) in [6, 6.07) is 22.8. The van der Waals surface area contributed by atoms with E-state index in [4.69, 9.17) is 28.2 Å². The zero-order chi connectivity index (χ0) is 49.2. The van der Waals surface area contributed by atoms with Gasteiger partial charge in [0.2, 0.25) is 0 Å². The van der Waals surface area contributed by atoms with Crippen molar-refractivity contribution in [2.24, 2.45) is 39.4 Å². The molecule has 1 saturated carbocycles. The summed E-state index contributed by atoms with van der Waals surface area (Å²) in [6.45, 7) is 26.4. The third-order valence-electron chi connectivity index (χ3n) is 12.3. The first-order valence-corrected chi connectivity index (χ1v) is 25.2. The van der Waals surface area contributed by atoms with Gasteiger partial charge in [-0.05, 0) is 148 Å². The summed E-state index contributed by atoms with van der Waals surface area (Å²) >= 11 is 0. The van der Waals surface area contributed by atoms with Gasteiger partial charge < -0.3 is 28.2 Å². The topological polar surface area (TPSA) is 153 Å². The minimum atomic E-state index is -4.13. The number of ether oxygens (including phenoxy) is 5. The fraction of sp³-hybridized carbons (Fsp3) is 0.623. The largest absolute Gasteiger partial charge is 0.462 e. The van der Waals surface area contributed by atoms with Crippen molar-refractivity contribution >= 4 is 47.3 Å². The summed E-state index contributed by atoms with van der Waals surface area (Å²) in [5.41, 5.74) is -3.50. The van der Waals surface area contributed by atoms with Crippen molar-refractivity contribution in [3.8, 4) is 0 Å². The maximum atomic E-state index is 16.8. The Bertz CT molecular complexity index is 2210. The first kappa shape index (κ1) is 52.9. The third kappa shape index (κ3) is 12.9. The minimum absolute atomic E-state index is 0.114. The van der Waals surface area contributed by atoms with Crippen molar-refractivity contribution in [2.75, 3.05) is 6.61 Å². The number of carbonyl (C=O) groups excluding carboxylic acids is 4. The summed E-state index contributed by atoms with van der Waals surface area (Å²) in [5.74, 6) is -3.05. The van der Waals surface area contributed by atoms with Gasteiger partial charge in [-0.2, -0.15) is 0 Å². The second kappa shape index (κ2) is 20.6. The van der Waals surface area contributed by atoms with Gasteiger partial charge in [0.15, 0.2) is 24.5 Å². The number of nitrogens with one attached hydrogen (secondary N) is 1. The smallest absolute Gasteiger partial charge is 0.311 e. The van der Waals surface area contributed by atoms with E-state index in [0.717, 1.165) is 23.6 Å². The standard InChI is InChI=1S/C53H76NO11P/c1-32(2)38-28-25-33(3)29-39(38)65-66(59,37-23-17-16-18-24-37)45(36-27-26-34-21-19-20-22-35(34)30-36)54-44-43(64-49(58)53(13,14)15)42(63-48(57)52(10,11)12)41(62-47(56)51(7,8)9)40(61-44)31-60-46(55)50(4,5)6/h16-24,26-27,30,32-33,38-45,54H,25,28-29,31H2,1-15H3/t33-,38+,39-,40-,41+,42+,43-,44-,45+,66+/m1/s1. The number of carbonyl (C=O) groups is 4. The Morgan fingerprint density at radius 1 is 0.667 bits per heavy atom. The predicted octanol–water partition coefficient (Wildman–Crippen LogP) is 10.7. The molecule has 1 N–H and O–H groups in total. The van der Waals surface area contributed by atoms with Crippen LogP contribution in [0, 0.1) is 39.4 Å². The highest BCUT2D eigenvalue weighted by molar-refractivity contribution is 7.67. The van der Waals surface area contributed by atoms with Crippen LogP contribution in [0.25, 0.3) is 10.8 Å². The SMILES string of the molecule is CC(C)[C@@H]1CC[C@@H](C)C[C@H]1O[P@@](=O)(c1ccccc1)[C@H](N[C@@H]1O[C@H](COC(=O)C(C)(C)C)[C@H](OC(=O)C(C)(C)C)[C@H](OC(=O)C(C)(C)C)[C@H]1OC(=O)C(C)(C)C)c1ccc2ccccc2c1. The van der Waals surface area contributed by atoms with Gasteiger partial charge in [0, 0.05) is 5.30 Å². The number of esters is 4. The molecule has 3 aromatic rings. The van der Waals surface area contributed by atoms with E-state index in [9.17, 15) is 19.2 Å². The Kier molecular flexibility index (Phi) is 16.5. The molecule has 10 atom stereocenters. The fourth-order valence-corrected chi connectivity index (χ4v) is 10.8. The van der Waals surface area contributed by atoms with E-state index in [-0.39, 0.29) is 17.9 Å². The van der Waals surface area contributed by atoms with Crippen LogP contribution in [0.1, 0.15) is 134 Å². The van der Waals surface area contributed by atoms with E-state index in [1.807, 2.05) is 60.7 Å². The summed E-state index contributed by atoms with van der Waals surface area (Å²) in [4.78, 5) is 55.7. The lowest BCUT2D eigenvalue weighted by atomic mass is 9.75. The van der Waals surface area contributed by atoms with Crippen molar-refractivity contribution in [3.05, 3.63) is 78.4 Å². The lowest BCUT2D eigenvalue weighted by Crippen LogP contribution is -2.67. The van der Waals surface area contributed by atoms with Gasteiger partial charge in [-0.1, -0.05) is 81.8 Å². The van der Waals surface area contributed by atoms with Crippen LogP contribution in [0.5, 0.6) is 0 Å². The van der Waals surface area contributed by atoms with Crippen LogP contribution in [-0.4, -0.2) is 67.2 Å². The molecule has 0 spiro atoms. The first-order chi connectivity index (χ1) is 30.5. The normalized spacial score (nSPS) is 25.6. The van der Waals surface area contributed by atoms with Crippen LogP contribution in [-0.2, 0) is 52.0 Å². The molecular weight excluding hydrogens is 858 g/mol. The Hall–Kier alpha value is -4.09. The average Bonchev–Trinajstić information content (AvgIpc) is 3.22. The molecule has 0 aromatic heterocycles. The Balaban J connectivity index is 1.80. The summed E-state index contributed by atoms with van der Waals surface area (Å²) in [6.07, 6.45) is -4.94. The van der Waals surface area contributed by atoms with Crippen molar-refractivity contribution in [1.82, 2.24) is 5.32 Å². The second-order valence-corrected chi connectivity index (χ2v) is 25.3. The summed E-state index contributed by atoms with van der Waals surface area (Å²) in [5, 5.41) is 5.86. The molecule has 12 nitrogen and oxygen atoms in total. The molecule has 13 heteroatoms. The third-order valence-corrected chi connectivity index (χ3v) is 15.0. The fourth-order valence-electron chi connectivity index (χ4n) is 8.13. The van der Waals surface area contributed by atoms with Crippen LogP contribution in [0.3, 0.4) is 0 Å². The Labute approximate surface area is 393 Å². The zero-order valence-electron chi connectivity index (χ0n) is 42.0.